The van der Waals surface area contributed by atoms with Gasteiger partial charge < -0.3 is 14.4 Å². The van der Waals surface area contributed by atoms with Gasteiger partial charge in [-0.1, -0.05) is 12.1 Å². The van der Waals surface area contributed by atoms with Crippen LogP contribution in [0.4, 0.5) is 0 Å². The fraction of sp³-hybridized carbons (Fsp3) is 0.600. The normalized spacial score (nSPS) is 21.6. The number of ether oxygens (including phenoxy) is 2. The van der Waals surface area contributed by atoms with Crippen LogP contribution in [0.5, 0.6) is 5.75 Å². The van der Waals surface area contributed by atoms with Gasteiger partial charge in [0.15, 0.2) is 0 Å². The summed E-state index contributed by atoms with van der Waals surface area (Å²) in [5.74, 6) is -0.182. The second kappa shape index (κ2) is 9.13. The predicted octanol–water partition coefficient (Wildman–Crippen LogP) is 1.66. The molecule has 29 heavy (non-hydrogen) atoms. The van der Waals surface area contributed by atoms with E-state index in [2.05, 4.69) is 0 Å². The first-order chi connectivity index (χ1) is 13.8. The first kappa shape index (κ1) is 21.6. The molecule has 0 aliphatic carbocycles. The first-order valence-corrected chi connectivity index (χ1v) is 11.8. The third-order valence-electron chi connectivity index (χ3n) is 5.52. The number of nitrogens with zero attached hydrogens (tertiary/aromatic N) is 2. The van der Waals surface area contributed by atoms with E-state index in [9.17, 15) is 18.0 Å². The number of hydrogen-bond donors (Lipinski definition) is 0. The molecule has 0 aromatic heterocycles. The Morgan fingerprint density at radius 3 is 2.38 bits per heavy atom. The van der Waals surface area contributed by atoms with Crippen molar-refractivity contribution in [2.24, 2.45) is 0 Å². The molecule has 0 radical (unpaired) electrons. The molecule has 0 saturated carbocycles. The van der Waals surface area contributed by atoms with E-state index in [-0.39, 0.29) is 12.0 Å². The molecule has 3 rings (SSSR count). The number of esters is 1. The highest BCUT2D eigenvalue weighted by Crippen LogP contribution is 2.28. The van der Waals surface area contributed by atoms with Crippen molar-refractivity contribution in [3.8, 4) is 5.75 Å². The van der Waals surface area contributed by atoms with Crippen LogP contribution < -0.4 is 4.74 Å². The number of carbonyl (C=O) groups is 2. The molecule has 2 saturated heterocycles. The first-order valence-electron chi connectivity index (χ1n) is 9.91. The Kier molecular flexibility index (Phi) is 6.79. The van der Waals surface area contributed by atoms with Crippen molar-refractivity contribution in [3.05, 3.63) is 29.8 Å². The molecule has 0 N–H and O–H groups in total. The standard InChI is InChI=1S/C20H28N2O6S/c1-27-20(24)17-8-5-6-12-22(17)19(23)16-7-3-4-9-18(16)28-15-10-13-21(14-11-15)29(2,25)26/h3-4,7,9,15,17H,5-6,8,10-14H2,1-2H3/t17-/m0/s1. The van der Waals surface area contributed by atoms with Crippen molar-refractivity contribution < 1.29 is 27.5 Å². The van der Waals surface area contributed by atoms with E-state index in [0.29, 0.717) is 50.2 Å². The summed E-state index contributed by atoms with van der Waals surface area (Å²) in [6, 6.07) is 6.43. The number of methoxy groups -OCH3 is 1. The van der Waals surface area contributed by atoms with Crippen molar-refractivity contribution >= 4 is 21.9 Å². The number of sulfonamides is 1. The zero-order valence-corrected chi connectivity index (χ0v) is 17.7. The summed E-state index contributed by atoms with van der Waals surface area (Å²) < 4.78 is 35.8. The van der Waals surface area contributed by atoms with E-state index in [0.717, 1.165) is 12.8 Å². The minimum absolute atomic E-state index is 0.167. The van der Waals surface area contributed by atoms with E-state index in [4.69, 9.17) is 9.47 Å². The highest BCUT2D eigenvalue weighted by molar-refractivity contribution is 7.88. The van der Waals surface area contributed by atoms with Gasteiger partial charge in [0.25, 0.3) is 5.91 Å². The molecule has 0 bridgehead atoms. The van der Waals surface area contributed by atoms with E-state index in [1.165, 1.54) is 17.7 Å². The maximum absolute atomic E-state index is 13.2. The molecule has 9 heteroatoms. The zero-order chi connectivity index (χ0) is 21.0. The van der Waals surface area contributed by atoms with Gasteiger partial charge >= 0.3 is 5.97 Å². The maximum atomic E-state index is 13.2. The van der Waals surface area contributed by atoms with Gasteiger partial charge in [-0.2, -0.15) is 0 Å². The smallest absolute Gasteiger partial charge is 0.328 e. The molecule has 8 nitrogen and oxygen atoms in total. The minimum Gasteiger partial charge on any atom is -0.489 e. The summed E-state index contributed by atoms with van der Waals surface area (Å²) in [7, 11) is -1.87. The molecule has 0 unspecified atom stereocenters. The number of para-hydroxylation sites is 1. The molecule has 160 valence electrons. The Hall–Kier alpha value is -2.13. The topological polar surface area (TPSA) is 93.2 Å². The van der Waals surface area contributed by atoms with E-state index < -0.39 is 22.0 Å². The molecule has 2 heterocycles. The van der Waals surface area contributed by atoms with Crippen LogP contribution in [-0.4, -0.2) is 74.6 Å². The third kappa shape index (κ3) is 5.08. The summed E-state index contributed by atoms with van der Waals surface area (Å²) in [5.41, 5.74) is 0.411. The van der Waals surface area contributed by atoms with Gasteiger partial charge in [-0.05, 0) is 44.2 Å². The highest BCUT2D eigenvalue weighted by Gasteiger charge is 2.35. The molecule has 2 aliphatic rings. The molecular formula is C20H28N2O6S. The molecule has 0 spiro atoms. The number of carbonyl (C=O) groups excluding carboxylic acids is 2. The van der Waals surface area contributed by atoms with Crippen LogP contribution in [-0.2, 0) is 19.6 Å². The van der Waals surface area contributed by atoms with Crippen molar-refractivity contribution in [1.29, 1.82) is 0 Å². The fourth-order valence-corrected chi connectivity index (χ4v) is 4.79. The van der Waals surface area contributed by atoms with E-state index >= 15 is 0 Å². The van der Waals surface area contributed by atoms with Gasteiger partial charge in [-0.25, -0.2) is 17.5 Å². The van der Waals surface area contributed by atoms with Crippen LogP contribution in [0.15, 0.2) is 24.3 Å². The van der Waals surface area contributed by atoms with Crippen LogP contribution in [0.3, 0.4) is 0 Å². The summed E-state index contributed by atoms with van der Waals surface area (Å²) >= 11 is 0. The number of amides is 1. The zero-order valence-electron chi connectivity index (χ0n) is 16.9. The monoisotopic (exact) mass is 424 g/mol. The van der Waals surface area contributed by atoms with Gasteiger partial charge in [-0.15, -0.1) is 0 Å². The molecule has 1 amide bonds. The molecule has 1 atom stereocenters. The van der Waals surface area contributed by atoms with Crippen LogP contribution in [0.1, 0.15) is 42.5 Å². The Labute approximate surface area is 171 Å². The molecular weight excluding hydrogens is 396 g/mol. The van der Waals surface area contributed by atoms with Crippen molar-refractivity contribution in [3.63, 3.8) is 0 Å². The predicted molar refractivity (Wildman–Crippen MR) is 107 cm³/mol. The summed E-state index contributed by atoms with van der Waals surface area (Å²) in [6.45, 7) is 1.30. The number of piperidine rings is 2. The summed E-state index contributed by atoms with van der Waals surface area (Å²) in [6.07, 6.45) is 4.46. The summed E-state index contributed by atoms with van der Waals surface area (Å²) in [5, 5.41) is 0. The highest BCUT2D eigenvalue weighted by atomic mass is 32.2. The number of likely N-dealkylation sites (tertiary alicyclic amines) is 1. The number of hydrogen-bond acceptors (Lipinski definition) is 6. The SMILES string of the molecule is COC(=O)[C@@H]1CCCCN1C(=O)c1ccccc1OC1CCN(S(C)(=O)=O)CC1. The number of benzene rings is 1. The lowest BCUT2D eigenvalue weighted by molar-refractivity contribution is -0.147. The number of rotatable bonds is 5. The van der Waals surface area contributed by atoms with Crippen LogP contribution in [0, 0.1) is 0 Å². The average Bonchev–Trinajstić information content (AvgIpc) is 2.73. The molecule has 2 fully saturated rings. The second-order valence-electron chi connectivity index (χ2n) is 7.51. The second-order valence-corrected chi connectivity index (χ2v) is 9.49. The summed E-state index contributed by atoms with van der Waals surface area (Å²) in [4.78, 5) is 26.9. The van der Waals surface area contributed by atoms with Gasteiger partial charge in [0.05, 0.1) is 18.9 Å². The Morgan fingerprint density at radius 2 is 1.72 bits per heavy atom. The van der Waals surface area contributed by atoms with Crippen LogP contribution in [0.2, 0.25) is 0 Å². The lowest BCUT2D eigenvalue weighted by Crippen LogP contribution is -2.48. The lowest BCUT2D eigenvalue weighted by Gasteiger charge is -2.34. The van der Waals surface area contributed by atoms with E-state index in [1.54, 1.807) is 29.2 Å². The van der Waals surface area contributed by atoms with Crippen LogP contribution >= 0.6 is 0 Å². The fourth-order valence-electron chi connectivity index (χ4n) is 3.92. The Balaban J connectivity index is 1.73. The third-order valence-corrected chi connectivity index (χ3v) is 6.82. The molecule has 1 aromatic carbocycles. The van der Waals surface area contributed by atoms with Gasteiger partial charge in [0.2, 0.25) is 10.0 Å². The van der Waals surface area contributed by atoms with Gasteiger partial charge in [0, 0.05) is 19.6 Å². The molecule has 2 aliphatic heterocycles. The maximum Gasteiger partial charge on any atom is 0.328 e. The molecule has 1 aromatic rings. The van der Waals surface area contributed by atoms with Gasteiger partial charge in [0.1, 0.15) is 17.9 Å². The Morgan fingerprint density at radius 1 is 1.03 bits per heavy atom. The van der Waals surface area contributed by atoms with Crippen LogP contribution in [0.25, 0.3) is 0 Å². The van der Waals surface area contributed by atoms with Crippen molar-refractivity contribution in [1.82, 2.24) is 9.21 Å². The van der Waals surface area contributed by atoms with E-state index in [1.807, 2.05) is 0 Å². The average molecular weight is 425 g/mol. The minimum atomic E-state index is -3.20. The van der Waals surface area contributed by atoms with Crippen molar-refractivity contribution in [2.75, 3.05) is 33.0 Å². The largest absolute Gasteiger partial charge is 0.489 e. The quantitative estimate of drug-likeness (QED) is 0.668. The Bertz CT molecular complexity index is 848. The van der Waals surface area contributed by atoms with Crippen molar-refractivity contribution in [2.45, 2.75) is 44.2 Å². The van der Waals surface area contributed by atoms with Gasteiger partial charge in [-0.3, -0.25) is 4.79 Å². The lowest BCUT2D eigenvalue weighted by atomic mass is 10.0.